The molecule has 0 unspecified atom stereocenters. The van der Waals surface area contributed by atoms with Crippen LogP contribution in [0.1, 0.15) is 57.4 Å². The molecule has 0 aliphatic heterocycles. The van der Waals surface area contributed by atoms with Gasteiger partial charge in [-0.25, -0.2) is 4.98 Å². The van der Waals surface area contributed by atoms with Gasteiger partial charge in [-0.15, -0.1) is 11.8 Å². The summed E-state index contributed by atoms with van der Waals surface area (Å²) in [7, 11) is 0. The lowest BCUT2D eigenvalue weighted by atomic mass is 9.53. The summed E-state index contributed by atoms with van der Waals surface area (Å²) in [6.45, 7) is 3.22. The van der Waals surface area contributed by atoms with E-state index in [0.717, 1.165) is 30.1 Å². The molecule has 5 rings (SSSR count). The van der Waals surface area contributed by atoms with Crippen molar-refractivity contribution < 1.29 is 0 Å². The van der Waals surface area contributed by atoms with Crippen molar-refractivity contribution >= 4 is 11.8 Å². The summed E-state index contributed by atoms with van der Waals surface area (Å²) >= 11 is 1.86. The fourth-order valence-corrected chi connectivity index (χ4v) is 6.13. The second kappa shape index (κ2) is 6.16. The first-order valence-corrected chi connectivity index (χ1v) is 10.1. The van der Waals surface area contributed by atoms with Crippen molar-refractivity contribution in [3.05, 3.63) is 23.9 Å². The van der Waals surface area contributed by atoms with E-state index in [-0.39, 0.29) is 0 Å². The van der Waals surface area contributed by atoms with E-state index in [9.17, 15) is 0 Å². The minimum atomic E-state index is 0.463. The number of pyridine rings is 1. The predicted molar refractivity (Wildman–Crippen MR) is 93.0 cm³/mol. The molecule has 1 heterocycles. The summed E-state index contributed by atoms with van der Waals surface area (Å²) in [5, 5.41) is 5.13. The molecular weight excluding hydrogens is 288 g/mol. The zero-order valence-electron chi connectivity index (χ0n) is 13.7. The van der Waals surface area contributed by atoms with Gasteiger partial charge in [0.05, 0.1) is 5.03 Å². The maximum absolute atomic E-state index is 4.60. The highest BCUT2D eigenvalue weighted by atomic mass is 32.2. The first kappa shape index (κ1) is 15.0. The van der Waals surface area contributed by atoms with Crippen LogP contribution >= 0.6 is 11.8 Å². The first-order valence-electron chi connectivity index (χ1n) is 9.07. The Balaban J connectivity index is 1.36. The Bertz CT molecular complexity index is 475. The molecule has 1 aromatic heterocycles. The highest BCUT2D eigenvalue weighted by molar-refractivity contribution is 7.99. The van der Waals surface area contributed by atoms with Crippen molar-refractivity contribution in [2.45, 2.75) is 69.0 Å². The van der Waals surface area contributed by atoms with Crippen molar-refractivity contribution in [3.8, 4) is 0 Å². The van der Waals surface area contributed by atoms with E-state index in [1.54, 1.807) is 0 Å². The maximum Gasteiger partial charge on any atom is 0.0960 e. The van der Waals surface area contributed by atoms with E-state index in [2.05, 4.69) is 35.6 Å². The summed E-state index contributed by atoms with van der Waals surface area (Å²) < 4.78 is 0. The SMILES string of the molecule is CCCSc1ccc(CNC23CC4CC(CC(C4)C2)C3)cn1. The molecule has 2 nitrogen and oxygen atoms in total. The molecule has 0 atom stereocenters. The lowest BCUT2D eigenvalue weighted by Gasteiger charge is -2.57. The zero-order chi connectivity index (χ0) is 15.0. The molecule has 1 aromatic rings. The summed E-state index contributed by atoms with van der Waals surface area (Å²) in [4.78, 5) is 4.60. The molecule has 0 spiro atoms. The lowest BCUT2D eigenvalue weighted by Crippen LogP contribution is -2.58. The van der Waals surface area contributed by atoms with E-state index >= 15 is 0 Å². The fraction of sp³-hybridized carbons (Fsp3) is 0.737. The second-order valence-corrected chi connectivity index (χ2v) is 9.02. The number of nitrogens with zero attached hydrogens (tertiary/aromatic N) is 1. The fourth-order valence-electron chi connectivity index (χ4n) is 5.42. The average Bonchev–Trinajstić information content (AvgIpc) is 2.51. The van der Waals surface area contributed by atoms with Crippen molar-refractivity contribution in [2.24, 2.45) is 17.8 Å². The van der Waals surface area contributed by atoms with Gasteiger partial charge in [-0.05, 0) is 80.1 Å². The van der Waals surface area contributed by atoms with Gasteiger partial charge in [0.15, 0.2) is 0 Å². The van der Waals surface area contributed by atoms with Crippen molar-refractivity contribution in [1.82, 2.24) is 10.3 Å². The smallest absolute Gasteiger partial charge is 0.0960 e. The van der Waals surface area contributed by atoms with E-state index in [1.165, 1.54) is 55.5 Å². The van der Waals surface area contributed by atoms with E-state index in [1.807, 2.05) is 11.8 Å². The molecule has 4 aliphatic rings. The van der Waals surface area contributed by atoms with Crippen LogP contribution in [0.2, 0.25) is 0 Å². The number of rotatable bonds is 6. The van der Waals surface area contributed by atoms with Crippen molar-refractivity contribution in [2.75, 3.05) is 5.75 Å². The molecule has 4 saturated carbocycles. The van der Waals surface area contributed by atoms with Crippen molar-refractivity contribution in [3.63, 3.8) is 0 Å². The van der Waals surface area contributed by atoms with E-state index < -0.39 is 0 Å². The molecule has 0 saturated heterocycles. The number of thioether (sulfide) groups is 1. The third-order valence-corrected chi connectivity index (χ3v) is 7.11. The molecule has 4 aliphatic carbocycles. The summed E-state index contributed by atoms with van der Waals surface area (Å²) in [5.41, 5.74) is 1.81. The molecule has 0 radical (unpaired) electrons. The largest absolute Gasteiger partial charge is 0.307 e. The molecule has 1 N–H and O–H groups in total. The number of hydrogen-bond donors (Lipinski definition) is 1. The van der Waals surface area contributed by atoms with E-state index in [0.29, 0.717) is 5.54 Å². The van der Waals surface area contributed by atoms with Crippen molar-refractivity contribution in [1.29, 1.82) is 0 Å². The van der Waals surface area contributed by atoms with Gasteiger partial charge in [0, 0.05) is 18.3 Å². The molecule has 4 bridgehead atoms. The molecule has 120 valence electrons. The van der Waals surface area contributed by atoms with Gasteiger partial charge in [0.25, 0.3) is 0 Å². The Morgan fingerprint density at radius 1 is 1.14 bits per heavy atom. The van der Waals surface area contributed by atoms with Gasteiger partial charge < -0.3 is 5.32 Å². The molecule has 3 heteroatoms. The monoisotopic (exact) mass is 316 g/mol. The molecule has 22 heavy (non-hydrogen) atoms. The number of nitrogens with one attached hydrogen (secondary N) is 1. The zero-order valence-corrected chi connectivity index (χ0v) is 14.5. The van der Waals surface area contributed by atoms with Gasteiger partial charge in [0.2, 0.25) is 0 Å². The molecular formula is C19H28N2S. The predicted octanol–water partition coefficient (Wildman–Crippen LogP) is 4.64. The molecule has 0 aromatic carbocycles. The Kier molecular flexibility index (Phi) is 4.21. The highest BCUT2D eigenvalue weighted by Gasteiger charge is 2.50. The number of hydrogen-bond acceptors (Lipinski definition) is 3. The van der Waals surface area contributed by atoms with Crippen LogP contribution in [-0.2, 0) is 6.54 Å². The Morgan fingerprint density at radius 3 is 2.36 bits per heavy atom. The maximum atomic E-state index is 4.60. The average molecular weight is 317 g/mol. The topological polar surface area (TPSA) is 24.9 Å². The van der Waals surface area contributed by atoms with Gasteiger partial charge in [-0.2, -0.15) is 0 Å². The summed E-state index contributed by atoms with van der Waals surface area (Å²) in [5.74, 6) is 4.22. The van der Waals surface area contributed by atoms with Crippen LogP contribution in [0.25, 0.3) is 0 Å². The van der Waals surface area contributed by atoms with Crippen LogP contribution in [0, 0.1) is 17.8 Å². The first-order chi connectivity index (χ1) is 10.7. The van der Waals surface area contributed by atoms with Gasteiger partial charge in [-0.1, -0.05) is 13.0 Å². The minimum Gasteiger partial charge on any atom is -0.307 e. The van der Waals surface area contributed by atoms with Gasteiger partial charge in [-0.3, -0.25) is 0 Å². The minimum absolute atomic E-state index is 0.463. The Labute approximate surface area is 138 Å². The third-order valence-electron chi connectivity index (χ3n) is 5.96. The van der Waals surface area contributed by atoms with Crippen LogP contribution in [-0.4, -0.2) is 16.3 Å². The van der Waals surface area contributed by atoms with Crippen LogP contribution in [0.5, 0.6) is 0 Å². The quantitative estimate of drug-likeness (QED) is 0.774. The third kappa shape index (κ3) is 3.07. The normalized spacial score (nSPS) is 36.0. The van der Waals surface area contributed by atoms with Crippen LogP contribution < -0.4 is 5.32 Å². The van der Waals surface area contributed by atoms with Gasteiger partial charge >= 0.3 is 0 Å². The Hall–Kier alpha value is -0.540. The molecule has 0 amide bonds. The lowest BCUT2D eigenvalue weighted by molar-refractivity contribution is -0.0206. The molecule has 4 fully saturated rings. The summed E-state index contributed by atoms with van der Waals surface area (Å²) in [6, 6.07) is 4.45. The Morgan fingerprint density at radius 2 is 1.82 bits per heavy atom. The number of aromatic nitrogens is 1. The summed E-state index contributed by atoms with van der Waals surface area (Å²) in [6.07, 6.45) is 12.1. The van der Waals surface area contributed by atoms with Gasteiger partial charge in [0.1, 0.15) is 0 Å². The second-order valence-electron chi connectivity index (χ2n) is 7.90. The van der Waals surface area contributed by atoms with E-state index in [4.69, 9.17) is 0 Å². The van der Waals surface area contributed by atoms with Crippen LogP contribution in [0.15, 0.2) is 23.4 Å². The standard InChI is InChI=1S/C19H28N2S/c1-2-5-22-18-4-3-14(12-20-18)13-21-19-9-15-6-16(10-19)8-17(7-15)11-19/h3-4,12,15-17,21H,2,5-11,13H2,1H3. The van der Waals surface area contributed by atoms with Crippen LogP contribution in [0.4, 0.5) is 0 Å². The van der Waals surface area contributed by atoms with Crippen LogP contribution in [0.3, 0.4) is 0 Å². The highest BCUT2D eigenvalue weighted by Crippen LogP contribution is 2.55.